The van der Waals surface area contributed by atoms with Crippen molar-refractivity contribution in [1.29, 1.82) is 0 Å². The Morgan fingerprint density at radius 1 is 1.50 bits per heavy atom. The molecule has 1 aliphatic heterocycles. The van der Waals surface area contributed by atoms with Crippen LogP contribution in [0.5, 0.6) is 0 Å². The number of rotatable bonds is 2. The smallest absolute Gasteiger partial charge is 0.269 e. The number of hydrogen-bond donors (Lipinski definition) is 3. The van der Waals surface area contributed by atoms with Crippen LogP contribution in [0.3, 0.4) is 0 Å². The highest BCUT2D eigenvalue weighted by molar-refractivity contribution is 6.03. The summed E-state index contributed by atoms with van der Waals surface area (Å²) < 4.78 is 0. The number of imidazole rings is 1. The van der Waals surface area contributed by atoms with E-state index in [1.807, 2.05) is 0 Å². The third kappa shape index (κ3) is 2.08. The van der Waals surface area contributed by atoms with Gasteiger partial charge in [-0.3, -0.25) is 19.7 Å². The molecule has 16 heavy (non-hydrogen) atoms. The van der Waals surface area contributed by atoms with Gasteiger partial charge in [-0.2, -0.15) is 0 Å². The lowest BCUT2D eigenvalue weighted by Gasteiger charge is -2.21. The highest BCUT2D eigenvalue weighted by Gasteiger charge is 2.28. The van der Waals surface area contributed by atoms with Gasteiger partial charge in [0.25, 0.3) is 5.91 Å². The fourth-order valence-corrected chi connectivity index (χ4v) is 1.45. The summed E-state index contributed by atoms with van der Waals surface area (Å²) in [6.45, 7) is 0. The predicted octanol–water partition coefficient (Wildman–Crippen LogP) is -1.06. The lowest BCUT2D eigenvalue weighted by Crippen LogP contribution is -2.52. The van der Waals surface area contributed by atoms with Crippen LogP contribution in [0.25, 0.3) is 0 Å². The Balaban J connectivity index is 1.97. The van der Waals surface area contributed by atoms with Crippen molar-refractivity contribution in [3.63, 3.8) is 0 Å². The minimum Gasteiger partial charge on any atom is -0.341 e. The van der Waals surface area contributed by atoms with E-state index in [4.69, 9.17) is 0 Å². The number of aromatic nitrogens is 2. The van der Waals surface area contributed by atoms with Gasteiger partial charge in [0.15, 0.2) is 0 Å². The molecule has 84 valence electrons. The largest absolute Gasteiger partial charge is 0.341 e. The lowest BCUT2D eigenvalue weighted by atomic mass is 10.1. The van der Waals surface area contributed by atoms with Crippen molar-refractivity contribution in [3.8, 4) is 0 Å². The fraction of sp³-hybridized carbons (Fsp3) is 0.333. The van der Waals surface area contributed by atoms with E-state index in [2.05, 4.69) is 20.6 Å². The molecule has 0 saturated carbocycles. The fourth-order valence-electron chi connectivity index (χ4n) is 1.45. The van der Waals surface area contributed by atoms with E-state index in [0.717, 1.165) is 0 Å². The van der Waals surface area contributed by atoms with Crippen LogP contribution in [-0.2, 0) is 9.59 Å². The zero-order chi connectivity index (χ0) is 11.5. The van der Waals surface area contributed by atoms with E-state index in [9.17, 15) is 14.4 Å². The van der Waals surface area contributed by atoms with Crippen LogP contribution in [0.15, 0.2) is 12.5 Å². The maximum Gasteiger partial charge on any atom is 0.269 e. The summed E-state index contributed by atoms with van der Waals surface area (Å²) in [7, 11) is 0. The number of nitrogens with one attached hydrogen (secondary N) is 3. The van der Waals surface area contributed by atoms with Crippen LogP contribution in [0.4, 0.5) is 0 Å². The summed E-state index contributed by atoms with van der Waals surface area (Å²) in [6, 6.07) is -0.659. The van der Waals surface area contributed by atoms with E-state index >= 15 is 0 Å². The van der Waals surface area contributed by atoms with E-state index < -0.39 is 17.9 Å². The first-order valence-electron chi connectivity index (χ1n) is 4.80. The summed E-state index contributed by atoms with van der Waals surface area (Å²) in [4.78, 5) is 40.1. The minimum absolute atomic E-state index is 0.236. The summed E-state index contributed by atoms with van der Waals surface area (Å²) in [6.07, 6.45) is 3.30. The highest BCUT2D eigenvalue weighted by Crippen LogP contribution is 2.05. The number of H-pyrrole nitrogens is 1. The number of carbonyl (C=O) groups excluding carboxylic acids is 3. The zero-order valence-electron chi connectivity index (χ0n) is 8.32. The summed E-state index contributed by atoms with van der Waals surface area (Å²) in [5.41, 5.74) is 0.282. The van der Waals surface area contributed by atoms with Crippen molar-refractivity contribution in [2.75, 3.05) is 0 Å². The van der Waals surface area contributed by atoms with Crippen molar-refractivity contribution in [2.24, 2.45) is 0 Å². The SMILES string of the molecule is O=C1CCC(NC(=O)c2cnc[nH]2)C(=O)N1. The molecular formula is C9H10N4O3. The number of nitrogens with zero attached hydrogens (tertiary/aromatic N) is 1. The van der Waals surface area contributed by atoms with Crippen LogP contribution >= 0.6 is 0 Å². The monoisotopic (exact) mass is 222 g/mol. The van der Waals surface area contributed by atoms with E-state index in [1.165, 1.54) is 12.5 Å². The molecule has 1 aromatic rings. The second-order valence-electron chi connectivity index (χ2n) is 3.44. The molecular weight excluding hydrogens is 212 g/mol. The van der Waals surface area contributed by atoms with Gasteiger partial charge in [0.2, 0.25) is 11.8 Å². The third-order valence-electron chi connectivity index (χ3n) is 2.29. The van der Waals surface area contributed by atoms with Crippen molar-refractivity contribution < 1.29 is 14.4 Å². The molecule has 1 atom stereocenters. The molecule has 0 aromatic carbocycles. The molecule has 1 fully saturated rings. The maximum absolute atomic E-state index is 11.6. The summed E-state index contributed by atoms with van der Waals surface area (Å²) in [5.74, 6) is -1.19. The molecule has 7 nitrogen and oxygen atoms in total. The molecule has 1 aromatic heterocycles. The predicted molar refractivity (Wildman–Crippen MR) is 52.2 cm³/mol. The molecule has 1 saturated heterocycles. The number of amides is 3. The number of piperidine rings is 1. The molecule has 7 heteroatoms. The molecule has 1 aliphatic rings. The Morgan fingerprint density at radius 3 is 2.94 bits per heavy atom. The van der Waals surface area contributed by atoms with Gasteiger partial charge in [-0.15, -0.1) is 0 Å². The van der Waals surface area contributed by atoms with Crippen LogP contribution in [0.1, 0.15) is 23.3 Å². The van der Waals surface area contributed by atoms with Crippen LogP contribution in [-0.4, -0.2) is 33.7 Å². The van der Waals surface area contributed by atoms with Crippen molar-refractivity contribution in [3.05, 3.63) is 18.2 Å². The molecule has 0 bridgehead atoms. The molecule has 3 amide bonds. The average Bonchev–Trinajstić information content (AvgIpc) is 2.75. The molecule has 1 unspecified atom stereocenters. The average molecular weight is 222 g/mol. The Kier molecular flexibility index (Phi) is 2.67. The van der Waals surface area contributed by atoms with Crippen LogP contribution in [0.2, 0.25) is 0 Å². The Bertz CT molecular complexity index is 426. The third-order valence-corrected chi connectivity index (χ3v) is 2.29. The quantitative estimate of drug-likeness (QED) is 0.555. The molecule has 0 radical (unpaired) electrons. The molecule has 3 N–H and O–H groups in total. The van der Waals surface area contributed by atoms with Gasteiger partial charge in [-0.1, -0.05) is 0 Å². The summed E-state index contributed by atoms with van der Waals surface area (Å²) in [5, 5.41) is 4.68. The molecule has 0 spiro atoms. The Labute approximate surface area is 90.6 Å². The normalized spacial score (nSPS) is 20.4. The van der Waals surface area contributed by atoms with E-state index in [-0.39, 0.29) is 18.0 Å². The van der Waals surface area contributed by atoms with E-state index in [1.54, 1.807) is 0 Å². The Morgan fingerprint density at radius 2 is 2.31 bits per heavy atom. The number of imide groups is 1. The number of carbonyl (C=O) groups is 3. The lowest BCUT2D eigenvalue weighted by molar-refractivity contribution is -0.134. The van der Waals surface area contributed by atoms with Gasteiger partial charge in [0.05, 0.1) is 12.5 Å². The maximum atomic E-state index is 11.6. The first kappa shape index (κ1) is 10.3. The van der Waals surface area contributed by atoms with Gasteiger partial charge >= 0.3 is 0 Å². The number of hydrogen-bond acceptors (Lipinski definition) is 4. The molecule has 0 aliphatic carbocycles. The molecule has 2 rings (SSSR count). The van der Waals surface area contributed by atoms with Gasteiger partial charge < -0.3 is 10.3 Å². The first-order valence-corrected chi connectivity index (χ1v) is 4.80. The van der Waals surface area contributed by atoms with Gasteiger partial charge in [0.1, 0.15) is 11.7 Å². The zero-order valence-corrected chi connectivity index (χ0v) is 8.32. The minimum atomic E-state index is -0.659. The van der Waals surface area contributed by atoms with Crippen molar-refractivity contribution in [1.82, 2.24) is 20.6 Å². The van der Waals surface area contributed by atoms with Crippen LogP contribution in [0, 0.1) is 0 Å². The van der Waals surface area contributed by atoms with Gasteiger partial charge in [0, 0.05) is 6.42 Å². The van der Waals surface area contributed by atoms with Crippen molar-refractivity contribution >= 4 is 17.7 Å². The first-order chi connectivity index (χ1) is 7.66. The van der Waals surface area contributed by atoms with Gasteiger partial charge in [-0.05, 0) is 6.42 Å². The van der Waals surface area contributed by atoms with E-state index in [0.29, 0.717) is 6.42 Å². The van der Waals surface area contributed by atoms with Crippen molar-refractivity contribution in [2.45, 2.75) is 18.9 Å². The topological polar surface area (TPSA) is 104 Å². The summed E-state index contributed by atoms with van der Waals surface area (Å²) >= 11 is 0. The van der Waals surface area contributed by atoms with Gasteiger partial charge in [-0.25, -0.2) is 4.98 Å². The number of aromatic amines is 1. The standard InChI is InChI=1S/C9H10N4O3/c14-7-2-1-5(8(15)13-7)12-9(16)6-3-10-4-11-6/h3-5H,1-2H2,(H,10,11)(H,12,16)(H,13,14,15). The second kappa shape index (κ2) is 4.13. The Hall–Kier alpha value is -2.18. The molecule has 2 heterocycles. The second-order valence-corrected chi connectivity index (χ2v) is 3.44. The van der Waals surface area contributed by atoms with Crippen LogP contribution < -0.4 is 10.6 Å². The highest BCUT2D eigenvalue weighted by atomic mass is 16.2.